The fourth-order valence-corrected chi connectivity index (χ4v) is 4.49. The summed E-state index contributed by atoms with van der Waals surface area (Å²) < 4.78 is 0.948. The zero-order valence-corrected chi connectivity index (χ0v) is 13.4. The van der Waals surface area contributed by atoms with E-state index in [4.69, 9.17) is 0 Å². The minimum absolute atomic E-state index is 0.107. The van der Waals surface area contributed by atoms with E-state index in [1.54, 1.807) is 12.3 Å². The first-order chi connectivity index (χ1) is 11.2. The Kier molecular flexibility index (Phi) is 3.74. The Balaban J connectivity index is 1.51. The molecule has 2 amide bonds. The monoisotopic (exact) mass is 330 g/mol. The Morgan fingerprint density at radius 3 is 2.87 bits per heavy atom. The molecule has 2 N–H and O–H groups in total. The molecule has 120 valence electrons. The number of carbonyl (C=O) groups excluding carboxylic acids is 2. The highest BCUT2D eigenvalue weighted by Crippen LogP contribution is 2.30. The van der Waals surface area contributed by atoms with E-state index in [0.717, 1.165) is 34.7 Å². The molecule has 2 aromatic rings. The van der Waals surface area contributed by atoms with Crippen molar-refractivity contribution in [3.63, 3.8) is 0 Å². The summed E-state index contributed by atoms with van der Waals surface area (Å²) in [5.74, 6) is 0.488. The third kappa shape index (κ3) is 2.82. The molecule has 3 aliphatic rings. The highest BCUT2D eigenvalue weighted by Gasteiger charge is 2.35. The van der Waals surface area contributed by atoms with Gasteiger partial charge in [0.2, 0.25) is 6.41 Å². The van der Waals surface area contributed by atoms with Gasteiger partial charge in [0.15, 0.2) is 0 Å². The smallest absolute Gasteiger partial charge is 0.270 e. The molecule has 1 atom stereocenters. The molecule has 0 aromatic carbocycles. The molecule has 23 heavy (non-hydrogen) atoms. The summed E-state index contributed by atoms with van der Waals surface area (Å²) in [7, 11) is 0. The van der Waals surface area contributed by atoms with Crippen LogP contribution >= 0.6 is 11.3 Å². The molecule has 1 unspecified atom stereocenters. The van der Waals surface area contributed by atoms with Gasteiger partial charge in [-0.25, -0.2) is 0 Å². The van der Waals surface area contributed by atoms with E-state index in [2.05, 4.69) is 20.5 Å². The second-order valence-corrected chi connectivity index (χ2v) is 7.28. The van der Waals surface area contributed by atoms with E-state index in [0.29, 0.717) is 18.0 Å². The van der Waals surface area contributed by atoms with Crippen molar-refractivity contribution >= 4 is 38.7 Å². The summed E-state index contributed by atoms with van der Waals surface area (Å²) in [5.41, 5.74) is 0.438. The molecule has 0 radical (unpaired) electrons. The Hall–Kier alpha value is -1.99. The predicted molar refractivity (Wildman–Crippen MR) is 89.7 cm³/mol. The van der Waals surface area contributed by atoms with Gasteiger partial charge in [0, 0.05) is 28.9 Å². The molecule has 3 aliphatic heterocycles. The number of nitrogens with zero attached hydrogens (tertiary/aromatic N) is 2. The summed E-state index contributed by atoms with van der Waals surface area (Å²) in [6.45, 7) is 3.26. The maximum absolute atomic E-state index is 12.5. The third-order valence-electron chi connectivity index (χ3n) is 4.81. The molecule has 0 aliphatic carbocycles. The van der Waals surface area contributed by atoms with Crippen LogP contribution < -0.4 is 10.6 Å². The van der Waals surface area contributed by atoms with Gasteiger partial charge in [-0.15, -0.1) is 11.3 Å². The molecule has 3 fully saturated rings. The molecule has 2 aromatic heterocycles. The van der Waals surface area contributed by atoms with Crippen molar-refractivity contribution in [2.24, 2.45) is 5.92 Å². The van der Waals surface area contributed by atoms with E-state index in [-0.39, 0.29) is 11.9 Å². The van der Waals surface area contributed by atoms with Gasteiger partial charge in [0.1, 0.15) is 5.69 Å². The fourth-order valence-electron chi connectivity index (χ4n) is 3.56. The third-order valence-corrected chi connectivity index (χ3v) is 5.84. The van der Waals surface area contributed by atoms with Crippen LogP contribution in [0.4, 0.5) is 5.00 Å². The average Bonchev–Trinajstić information content (AvgIpc) is 2.97. The van der Waals surface area contributed by atoms with Crippen molar-refractivity contribution in [1.82, 2.24) is 15.2 Å². The lowest BCUT2D eigenvalue weighted by atomic mass is 9.84. The van der Waals surface area contributed by atoms with Gasteiger partial charge >= 0.3 is 0 Å². The molecule has 2 bridgehead atoms. The minimum Gasteiger partial charge on any atom is -0.346 e. The van der Waals surface area contributed by atoms with Gasteiger partial charge < -0.3 is 15.5 Å². The van der Waals surface area contributed by atoms with Gasteiger partial charge in [0.25, 0.3) is 5.91 Å². The van der Waals surface area contributed by atoms with Crippen LogP contribution in [0.2, 0.25) is 0 Å². The van der Waals surface area contributed by atoms with E-state index >= 15 is 0 Å². The number of nitrogens with one attached hydrogen (secondary N) is 2. The highest BCUT2D eigenvalue weighted by atomic mass is 32.1. The predicted octanol–water partition coefficient (Wildman–Crippen LogP) is 1.69. The van der Waals surface area contributed by atoms with E-state index in [9.17, 15) is 9.59 Å². The molecule has 0 saturated carbocycles. The Morgan fingerprint density at radius 2 is 2.17 bits per heavy atom. The van der Waals surface area contributed by atoms with Crippen LogP contribution in [0.25, 0.3) is 10.1 Å². The lowest BCUT2D eigenvalue weighted by molar-refractivity contribution is -0.105. The molecule has 7 heteroatoms. The van der Waals surface area contributed by atoms with Gasteiger partial charge in [-0.2, -0.15) is 0 Å². The quantitative estimate of drug-likeness (QED) is 0.837. The van der Waals surface area contributed by atoms with Gasteiger partial charge in [-0.3, -0.25) is 14.6 Å². The largest absolute Gasteiger partial charge is 0.346 e. The van der Waals surface area contributed by atoms with Crippen molar-refractivity contribution in [3.05, 3.63) is 24.0 Å². The number of pyridine rings is 1. The SMILES string of the molecule is O=CNc1cc2cnc(C(=O)NC3CN4CCC3CC4)cc2s1. The van der Waals surface area contributed by atoms with Gasteiger partial charge in [-0.1, -0.05) is 0 Å². The van der Waals surface area contributed by atoms with E-state index < -0.39 is 0 Å². The summed E-state index contributed by atoms with van der Waals surface area (Å²) in [4.78, 5) is 29.7. The maximum atomic E-state index is 12.5. The number of rotatable bonds is 4. The number of hydrogen-bond acceptors (Lipinski definition) is 5. The number of piperidine rings is 3. The number of aromatic nitrogens is 1. The van der Waals surface area contributed by atoms with Crippen LogP contribution in [-0.4, -0.2) is 47.9 Å². The summed E-state index contributed by atoms with van der Waals surface area (Å²) in [6, 6.07) is 3.89. The molecule has 6 nitrogen and oxygen atoms in total. The van der Waals surface area contributed by atoms with Crippen molar-refractivity contribution in [1.29, 1.82) is 0 Å². The van der Waals surface area contributed by atoms with Crippen LogP contribution in [0, 0.1) is 5.92 Å². The molecule has 0 spiro atoms. The first kappa shape index (κ1) is 14.6. The number of carbonyl (C=O) groups is 2. The topological polar surface area (TPSA) is 74.3 Å². The number of anilines is 1. The van der Waals surface area contributed by atoms with Crippen LogP contribution in [-0.2, 0) is 4.79 Å². The number of fused-ring (bicyclic) bond motifs is 4. The number of hydrogen-bond donors (Lipinski definition) is 2. The second-order valence-electron chi connectivity index (χ2n) is 6.20. The molecular formula is C16H18N4O2S. The average molecular weight is 330 g/mol. The summed E-state index contributed by atoms with van der Waals surface area (Å²) in [6.07, 6.45) is 4.68. The minimum atomic E-state index is -0.107. The van der Waals surface area contributed by atoms with E-state index in [1.807, 2.05) is 6.07 Å². The zero-order chi connectivity index (χ0) is 15.8. The lowest BCUT2D eigenvalue weighted by Crippen LogP contribution is -2.57. The first-order valence-corrected chi connectivity index (χ1v) is 8.67. The zero-order valence-electron chi connectivity index (χ0n) is 12.6. The van der Waals surface area contributed by atoms with Crippen LogP contribution in [0.5, 0.6) is 0 Å². The lowest BCUT2D eigenvalue weighted by Gasteiger charge is -2.44. The van der Waals surface area contributed by atoms with E-state index in [1.165, 1.54) is 24.2 Å². The molecular weight excluding hydrogens is 312 g/mol. The molecule has 3 saturated heterocycles. The Bertz CT molecular complexity index is 752. The van der Waals surface area contributed by atoms with Crippen LogP contribution in [0.3, 0.4) is 0 Å². The van der Waals surface area contributed by atoms with Gasteiger partial charge in [-0.05, 0) is 44.0 Å². The van der Waals surface area contributed by atoms with Crippen molar-refractivity contribution in [2.75, 3.05) is 25.0 Å². The maximum Gasteiger partial charge on any atom is 0.270 e. The summed E-state index contributed by atoms with van der Waals surface area (Å²) in [5, 5.41) is 7.47. The van der Waals surface area contributed by atoms with Crippen molar-refractivity contribution in [2.45, 2.75) is 18.9 Å². The second kappa shape index (κ2) is 5.90. The normalized spacial score (nSPS) is 26.2. The molecule has 5 rings (SSSR count). The molecule has 5 heterocycles. The van der Waals surface area contributed by atoms with Gasteiger partial charge in [0.05, 0.1) is 5.00 Å². The van der Waals surface area contributed by atoms with Crippen LogP contribution in [0.15, 0.2) is 18.3 Å². The first-order valence-electron chi connectivity index (χ1n) is 7.86. The van der Waals surface area contributed by atoms with Crippen LogP contribution in [0.1, 0.15) is 23.3 Å². The Labute approximate surface area is 137 Å². The Morgan fingerprint density at radius 1 is 1.35 bits per heavy atom. The number of thiophene rings is 1. The number of amides is 2. The summed E-state index contributed by atoms with van der Waals surface area (Å²) >= 11 is 1.44. The van der Waals surface area contributed by atoms with Crippen molar-refractivity contribution < 1.29 is 9.59 Å². The fraction of sp³-hybridized carbons (Fsp3) is 0.438. The standard InChI is InChI=1S/C16H18N4O2S/c21-9-18-15-5-11-7-17-12(6-14(11)23-15)16(22)19-13-8-20-3-1-10(13)2-4-20/h5-7,9-10,13H,1-4,8H2,(H,18,21)(H,19,22). The highest BCUT2D eigenvalue weighted by molar-refractivity contribution is 7.22. The van der Waals surface area contributed by atoms with Crippen molar-refractivity contribution in [3.8, 4) is 0 Å².